The summed E-state index contributed by atoms with van der Waals surface area (Å²) in [5.74, 6) is 0.416. The summed E-state index contributed by atoms with van der Waals surface area (Å²) in [6.45, 7) is 5.46. The van der Waals surface area contributed by atoms with E-state index in [1.807, 2.05) is 29.2 Å². The maximum atomic E-state index is 13.3. The van der Waals surface area contributed by atoms with Crippen molar-refractivity contribution in [1.29, 1.82) is 0 Å². The summed E-state index contributed by atoms with van der Waals surface area (Å²) in [5, 5.41) is 9.65. The average Bonchev–Trinajstić information content (AvgIpc) is 3.23. The first-order chi connectivity index (χ1) is 16.5. The van der Waals surface area contributed by atoms with Crippen LogP contribution in [0.3, 0.4) is 0 Å². The van der Waals surface area contributed by atoms with E-state index in [1.165, 1.54) is 17.8 Å². The van der Waals surface area contributed by atoms with Crippen molar-refractivity contribution in [3.8, 4) is 5.75 Å². The van der Waals surface area contributed by atoms with Crippen molar-refractivity contribution >= 4 is 35.3 Å². The molecule has 0 aliphatic carbocycles. The van der Waals surface area contributed by atoms with Crippen LogP contribution in [-0.2, 0) is 9.59 Å². The summed E-state index contributed by atoms with van der Waals surface area (Å²) in [6.07, 6.45) is 3.74. The molecule has 3 fully saturated rings. The van der Waals surface area contributed by atoms with Crippen molar-refractivity contribution in [2.24, 2.45) is 5.92 Å². The molecule has 1 aromatic rings. The lowest BCUT2D eigenvalue weighted by Crippen LogP contribution is -2.62. The van der Waals surface area contributed by atoms with Gasteiger partial charge in [-0.2, -0.15) is 0 Å². The summed E-state index contributed by atoms with van der Waals surface area (Å²) < 4.78 is 5.25. The Hall–Kier alpha value is -2.98. The number of ether oxygens (including phenoxy) is 1. The number of nitrogens with zero attached hydrogens (tertiary/aromatic N) is 2. The number of hydrogen-bond acceptors (Lipinski definition) is 6. The van der Waals surface area contributed by atoms with Gasteiger partial charge in [0.25, 0.3) is 5.91 Å². The molecule has 3 N–H and O–H groups in total. The van der Waals surface area contributed by atoms with Crippen LogP contribution in [0.2, 0.25) is 0 Å². The Kier molecular flexibility index (Phi) is 6.26. The van der Waals surface area contributed by atoms with Gasteiger partial charge in [-0.3, -0.25) is 14.5 Å². The molecule has 0 radical (unpaired) electrons. The molecule has 10 heteroatoms. The Morgan fingerprint density at radius 3 is 2.79 bits per heavy atom. The molecule has 9 nitrogen and oxygen atoms in total. The first-order valence-electron chi connectivity index (χ1n) is 11.6. The van der Waals surface area contributed by atoms with E-state index in [2.05, 4.69) is 22.5 Å². The highest BCUT2D eigenvalue weighted by molar-refractivity contribution is 8.04. The smallest absolute Gasteiger partial charge is 0.326 e. The highest BCUT2D eigenvalue weighted by Crippen LogP contribution is 2.48. The fourth-order valence-corrected chi connectivity index (χ4v) is 6.74. The van der Waals surface area contributed by atoms with E-state index < -0.39 is 0 Å². The summed E-state index contributed by atoms with van der Waals surface area (Å²) in [7, 11) is 1.61. The molecule has 3 saturated heterocycles. The van der Waals surface area contributed by atoms with Gasteiger partial charge in [-0.25, -0.2) is 4.79 Å². The third-order valence-electron chi connectivity index (χ3n) is 6.94. The van der Waals surface area contributed by atoms with Gasteiger partial charge in [0.15, 0.2) is 0 Å². The molecule has 0 aromatic heterocycles. The molecular weight excluding hydrogens is 454 g/mol. The van der Waals surface area contributed by atoms with Crippen molar-refractivity contribution in [2.75, 3.05) is 31.6 Å². The molecule has 0 spiro atoms. The lowest BCUT2D eigenvalue weighted by atomic mass is 9.86. The van der Waals surface area contributed by atoms with Crippen molar-refractivity contribution in [3.63, 3.8) is 0 Å². The van der Waals surface area contributed by atoms with Gasteiger partial charge in [-0.15, -0.1) is 0 Å². The molecule has 4 amide bonds. The third-order valence-corrected chi connectivity index (χ3v) is 8.30. The monoisotopic (exact) mass is 483 g/mol. The van der Waals surface area contributed by atoms with E-state index in [-0.39, 0.29) is 41.2 Å². The quantitative estimate of drug-likeness (QED) is 0.552. The topological polar surface area (TPSA) is 103 Å². The van der Waals surface area contributed by atoms with E-state index in [9.17, 15) is 14.4 Å². The Morgan fingerprint density at radius 1 is 1.26 bits per heavy atom. The largest absolute Gasteiger partial charge is 0.497 e. The van der Waals surface area contributed by atoms with E-state index in [4.69, 9.17) is 4.74 Å². The first kappa shape index (κ1) is 22.8. The molecule has 5 rings (SSSR count). The van der Waals surface area contributed by atoms with Gasteiger partial charge in [0.2, 0.25) is 5.91 Å². The zero-order valence-corrected chi connectivity index (χ0v) is 19.9. The summed E-state index contributed by atoms with van der Waals surface area (Å²) in [4.78, 5) is 42.6. The predicted molar refractivity (Wildman–Crippen MR) is 130 cm³/mol. The molecule has 0 saturated carbocycles. The lowest BCUT2D eigenvalue weighted by Gasteiger charge is -2.45. The predicted octanol–water partition coefficient (Wildman–Crippen LogP) is 1.78. The minimum Gasteiger partial charge on any atom is -0.497 e. The Morgan fingerprint density at radius 2 is 2.06 bits per heavy atom. The second kappa shape index (κ2) is 9.34. The molecule has 4 aliphatic rings. The van der Waals surface area contributed by atoms with Crippen LogP contribution in [0.1, 0.15) is 19.3 Å². The maximum Gasteiger partial charge on any atom is 0.326 e. The zero-order chi connectivity index (χ0) is 23.8. The number of anilines is 1. The number of carbonyl (C=O) groups excluding carboxylic acids is 3. The number of benzene rings is 1. The molecule has 0 bridgehead atoms. The summed E-state index contributed by atoms with van der Waals surface area (Å²) in [6, 6.07) is 7.07. The third kappa shape index (κ3) is 4.05. The summed E-state index contributed by atoms with van der Waals surface area (Å²) >= 11 is 1.48. The fourth-order valence-electron chi connectivity index (χ4n) is 5.34. The number of urea groups is 1. The van der Waals surface area contributed by atoms with Gasteiger partial charge in [0, 0.05) is 36.4 Å². The number of methoxy groups -OCH3 is 1. The van der Waals surface area contributed by atoms with Gasteiger partial charge < -0.3 is 25.6 Å². The standard InChI is InChI=1S/C24H29N5O4S/c1-3-18(30)28-12-4-5-14(13-28)26-22(31)21-20-19-17(10-11-25-23(19)34-21)29(24(32)27-20)15-6-8-16(33-2)9-7-15/h3,6-9,14,17,19,23,25H,1,4-5,10-13H2,2H3,(H,26,31)(H,27,32)/t14-,17?,19?,23?/m1/s1. The van der Waals surface area contributed by atoms with Crippen LogP contribution in [0, 0.1) is 5.92 Å². The number of hydrogen-bond donors (Lipinski definition) is 3. The van der Waals surface area contributed by atoms with Crippen molar-refractivity contribution in [2.45, 2.75) is 36.7 Å². The van der Waals surface area contributed by atoms with Crippen molar-refractivity contribution in [1.82, 2.24) is 20.9 Å². The molecule has 3 unspecified atom stereocenters. The highest BCUT2D eigenvalue weighted by Gasteiger charge is 2.51. The molecule has 1 aromatic carbocycles. The second-order valence-corrected chi connectivity index (χ2v) is 10.1. The van der Waals surface area contributed by atoms with Crippen LogP contribution in [-0.4, -0.2) is 66.9 Å². The number of rotatable bonds is 5. The molecule has 180 valence electrons. The zero-order valence-electron chi connectivity index (χ0n) is 19.1. The van der Waals surface area contributed by atoms with Crippen LogP contribution in [0.5, 0.6) is 5.75 Å². The van der Waals surface area contributed by atoms with Gasteiger partial charge in [-0.05, 0) is 56.1 Å². The molecule has 4 heterocycles. The van der Waals surface area contributed by atoms with Gasteiger partial charge >= 0.3 is 6.03 Å². The number of nitrogens with one attached hydrogen (secondary N) is 3. The van der Waals surface area contributed by atoms with Crippen molar-refractivity contribution in [3.05, 3.63) is 47.5 Å². The van der Waals surface area contributed by atoms with Crippen molar-refractivity contribution < 1.29 is 19.1 Å². The van der Waals surface area contributed by atoms with Gasteiger partial charge in [0.05, 0.1) is 23.4 Å². The van der Waals surface area contributed by atoms with Crippen LogP contribution in [0.25, 0.3) is 0 Å². The minimum absolute atomic E-state index is 0.00972. The van der Waals surface area contributed by atoms with Crippen LogP contribution in [0.4, 0.5) is 10.5 Å². The second-order valence-electron chi connectivity index (χ2n) is 8.92. The van der Waals surface area contributed by atoms with E-state index in [0.29, 0.717) is 23.7 Å². The van der Waals surface area contributed by atoms with Gasteiger partial charge in [-0.1, -0.05) is 18.3 Å². The maximum absolute atomic E-state index is 13.3. The minimum atomic E-state index is -0.227. The number of amides is 4. The van der Waals surface area contributed by atoms with E-state index >= 15 is 0 Å². The first-order valence-corrected chi connectivity index (χ1v) is 12.5. The van der Waals surface area contributed by atoms with Crippen LogP contribution < -0.4 is 25.6 Å². The Balaban J connectivity index is 1.36. The number of thioether (sulfide) groups is 1. The molecular formula is C24H29N5O4S. The Labute approximate surface area is 202 Å². The average molecular weight is 484 g/mol. The van der Waals surface area contributed by atoms with Gasteiger partial charge in [0.1, 0.15) is 5.75 Å². The molecule has 34 heavy (non-hydrogen) atoms. The number of likely N-dealkylation sites (tertiary alicyclic amines) is 1. The Bertz CT molecular complexity index is 1040. The molecule has 4 aliphatic heterocycles. The fraction of sp³-hybridized carbons (Fsp3) is 0.458. The van der Waals surface area contributed by atoms with Crippen LogP contribution in [0.15, 0.2) is 47.5 Å². The van der Waals surface area contributed by atoms with E-state index in [1.54, 1.807) is 12.0 Å². The SMILES string of the molecule is C=CC(=O)N1CCC[C@@H](NC(=O)C2=C3NC(=O)N(c4ccc(OC)cc4)C4CCNC(S2)C34)C1. The molecule has 4 atom stereocenters. The number of piperidine rings is 2. The normalized spacial score (nSPS) is 28.2. The summed E-state index contributed by atoms with van der Waals surface area (Å²) in [5.41, 5.74) is 1.51. The van der Waals surface area contributed by atoms with E-state index in [0.717, 1.165) is 37.2 Å². The highest BCUT2D eigenvalue weighted by atomic mass is 32.2. The number of carbonyl (C=O) groups is 3. The van der Waals surface area contributed by atoms with Crippen LogP contribution >= 0.6 is 11.8 Å². The lowest BCUT2D eigenvalue weighted by molar-refractivity contribution is -0.128.